The average molecular weight is 386 g/mol. The van der Waals surface area contributed by atoms with Crippen LogP contribution in [0.2, 0.25) is 0 Å². The molecule has 1 aromatic carbocycles. The second-order valence-corrected chi connectivity index (χ2v) is 6.06. The highest BCUT2D eigenvalue weighted by molar-refractivity contribution is 9.10. The predicted molar refractivity (Wildman–Crippen MR) is 85.4 cm³/mol. The van der Waals surface area contributed by atoms with Crippen molar-refractivity contribution in [2.75, 3.05) is 13.2 Å². The van der Waals surface area contributed by atoms with Crippen LogP contribution in [0.1, 0.15) is 12.5 Å². The van der Waals surface area contributed by atoms with E-state index < -0.39 is 17.1 Å². The molecule has 2 rings (SSSR count). The number of esters is 1. The molecule has 0 aromatic heterocycles. The van der Waals surface area contributed by atoms with E-state index >= 15 is 0 Å². The largest absolute Gasteiger partial charge is 0.481 e. The molecule has 1 saturated heterocycles. The molecule has 0 aliphatic carbocycles. The number of carbonyl (C=O) groups is 3. The molecule has 0 radical (unpaired) electrons. The van der Waals surface area contributed by atoms with Crippen LogP contribution in [0.15, 0.2) is 27.6 Å². The van der Waals surface area contributed by atoms with Crippen molar-refractivity contribution in [3.63, 3.8) is 0 Å². The van der Waals surface area contributed by atoms with E-state index in [1.807, 2.05) is 0 Å². The first-order valence-electron chi connectivity index (χ1n) is 6.32. The predicted octanol–water partition coefficient (Wildman–Crippen LogP) is 2.71. The molecule has 0 bridgehead atoms. The van der Waals surface area contributed by atoms with E-state index in [1.54, 1.807) is 25.1 Å². The van der Waals surface area contributed by atoms with E-state index in [4.69, 9.17) is 9.47 Å². The maximum atomic E-state index is 11.6. The lowest BCUT2D eigenvalue weighted by Gasteiger charge is -2.09. The highest BCUT2D eigenvalue weighted by Crippen LogP contribution is 2.30. The molecule has 1 heterocycles. The van der Waals surface area contributed by atoms with E-state index in [2.05, 4.69) is 21.2 Å². The van der Waals surface area contributed by atoms with Gasteiger partial charge in [-0.15, -0.1) is 0 Å². The third-order valence-corrected chi connectivity index (χ3v) is 3.86. The molecule has 1 fully saturated rings. The van der Waals surface area contributed by atoms with Crippen molar-refractivity contribution in [1.82, 2.24) is 5.32 Å². The van der Waals surface area contributed by atoms with E-state index in [0.29, 0.717) is 11.3 Å². The molecule has 6 nitrogen and oxygen atoms in total. The summed E-state index contributed by atoms with van der Waals surface area (Å²) in [4.78, 5) is 34.4. The minimum Gasteiger partial charge on any atom is -0.481 e. The van der Waals surface area contributed by atoms with Crippen LogP contribution in [0.25, 0.3) is 6.08 Å². The van der Waals surface area contributed by atoms with Crippen molar-refractivity contribution < 1.29 is 23.9 Å². The number of rotatable bonds is 5. The Balaban J connectivity index is 2.21. The number of benzene rings is 1. The van der Waals surface area contributed by atoms with E-state index in [1.165, 1.54) is 6.08 Å². The molecule has 0 spiro atoms. The first kappa shape index (κ1) is 16.6. The van der Waals surface area contributed by atoms with Crippen molar-refractivity contribution in [3.05, 3.63) is 33.1 Å². The Bertz CT molecular complexity index is 659. The summed E-state index contributed by atoms with van der Waals surface area (Å²) in [5.74, 6) is -0.519. The van der Waals surface area contributed by atoms with Crippen molar-refractivity contribution >= 4 is 50.9 Å². The molecule has 0 saturated carbocycles. The van der Waals surface area contributed by atoms with Gasteiger partial charge in [-0.1, -0.05) is 15.9 Å². The molecular formula is C14H12BrNO5S. The van der Waals surface area contributed by atoms with Crippen LogP contribution in [-0.4, -0.2) is 30.3 Å². The van der Waals surface area contributed by atoms with Gasteiger partial charge < -0.3 is 9.47 Å². The zero-order valence-electron chi connectivity index (χ0n) is 11.6. The van der Waals surface area contributed by atoms with Crippen molar-refractivity contribution in [2.45, 2.75) is 6.92 Å². The fourth-order valence-corrected chi connectivity index (χ4v) is 2.72. The minimum absolute atomic E-state index is 0.232. The average Bonchev–Trinajstić information content (AvgIpc) is 2.76. The standard InChI is InChI=1S/C14H12BrNO5S/c1-2-20-12(17)7-21-10-4-3-9(15)5-8(10)6-11-13(18)16-14(19)22-11/h3-6H,2,7H2,1H3,(H,16,18,19)/b11-6-. The fourth-order valence-electron chi connectivity index (χ4n) is 1.67. The van der Waals surface area contributed by atoms with Gasteiger partial charge in [0.25, 0.3) is 11.1 Å². The monoisotopic (exact) mass is 385 g/mol. The molecule has 22 heavy (non-hydrogen) atoms. The van der Waals surface area contributed by atoms with Crippen LogP contribution < -0.4 is 10.1 Å². The summed E-state index contributed by atoms with van der Waals surface area (Å²) in [5, 5.41) is 1.76. The highest BCUT2D eigenvalue weighted by Gasteiger charge is 2.25. The van der Waals surface area contributed by atoms with E-state index in [-0.39, 0.29) is 18.1 Å². The minimum atomic E-state index is -0.479. The zero-order valence-corrected chi connectivity index (χ0v) is 14.0. The summed E-state index contributed by atoms with van der Waals surface area (Å²) in [7, 11) is 0. The number of ether oxygens (including phenoxy) is 2. The van der Waals surface area contributed by atoms with Crippen LogP contribution in [0.3, 0.4) is 0 Å². The number of thioether (sulfide) groups is 1. The fraction of sp³-hybridized carbons (Fsp3) is 0.214. The van der Waals surface area contributed by atoms with Gasteiger partial charge in [-0.05, 0) is 43.0 Å². The molecule has 1 aliphatic rings. The number of hydrogen-bond donors (Lipinski definition) is 1. The lowest BCUT2D eigenvalue weighted by atomic mass is 10.2. The number of halogens is 1. The summed E-state index contributed by atoms with van der Waals surface area (Å²) in [6.07, 6.45) is 1.54. The molecular weight excluding hydrogens is 374 g/mol. The van der Waals surface area contributed by atoms with Crippen molar-refractivity contribution in [2.24, 2.45) is 0 Å². The van der Waals surface area contributed by atoms with Crippen LogP contribution >= 0.6 is 27.7 Å². The van der Waals surface area contributed by atoms with Gasteiger partial charge in [-0.25, -0.2) is 4.79 Å². The maximum Gasteiger partial charge on any atom is 0.344 e. The van der Waals surface area contributed by atoms with E-state index in [9.17, 15) is 14.4 Å². The topological polar surface area (TPSA) is 81.7 Å². The van der Waals surface area contributed by atoms with Gasteiger partial charge in [0.05, 0.1) is 11.5 Å². The molecule has 1 aliphatic heterocycles. The first-order valence-corrected chi connectivity index (χ1v) is 7.93. The highest BCUT2D eigenvalue weighted by atomic mass is 79.9. The van der Waals surface area contributed by atoms with Crippen LogP contribution in [0, 0.1) is 0 Å². The summed E-state index contributed by atoms with van der Waals surface area (Å²) in [6, 6.07) is 5.13. The summed E-state index contributed by atoms with van der Waals surface area (Å²) in [6.45, 7) is 1.75. The molecule has 8 heteroatoms. The van der Waals surface area contributed by atoms with Gasteiger partial charge in [0, 0.05) is 10.0 Å². The Labute approximate surface area is 139 Å². The number of nitrogens with one attached hydrogen (secondary N) is 1. The second kappa shape index (κ2) is 7.46. The summed E-state index contributed by atoms with van der Waals surface area (Å²) < 4.78 is 11.0. The summed E-state index contributed by atoms with van der Waals surface area (Å²) >= 11 is 4.14. The number of hydrogen-bond acceptors (Lipinski definition) is 6. The van der Waals surface area contributed by atoms with E-state index in [0.717, 1.165) is 16.2 Å². The van der Waals surface area contributed by atoms with Gasteiger partial charge in [-0.2, -0.15) is 0 Å². The third-order valence-electron chi connectivity index (χ3n) is 2.55. The smallest absolute Gasteiger partial charge is 0.344 e. The number of carbonyl (C=O) groups excluding carboxylic acids is 3. The van der Waals surface area contributed by atoms with Crippen molar-refractivity contribution in [1.29, 1.82) is 0 Å². The zero-order chi connectivity index (χ0) is 16.1. The van der Waals surface area contributed by atoms with Gasteiger partial charge in [0.1, 0.15) is 5.75 Å². The maximum absolute atomic E-state index is 11.6. The Kier molecular flexibility index (Phi) is 5.62. The Morgan fingerprint density at radius 1 is 1.41 bits per heavy atom. The van der Waals surface area contributed by atoms with Gasteiger partial charge in [0.2, 0.25) is 0 Å². The normalized spacial score (nSPS) is 15.8. The Morgan fingerprint density at radius 2 is 2.18 bits per heavy atom. The number of amides is 2. The van der Waals surface area contributed by atoms with Gasteiger partial charge >= 0.3 is 5.97 Å². The van der Waals surface area contributed by atoms with Crippen LogP contribution in [0.5, 0.6) is 5.75 Å². The van der Waals surface area contributed by atoms with Crippen LogP contribution in [-0.2, 0) is 14.3 Å². The molecule has 1 aromatic rings. The molecule has 0 atom stereocenters. The Hall–Kier alpha value is -1.80. The lowest BCUT2D eigenvalue weighted by molar-refractivity contribution is -0.145. The second-order valence-electron chi connectivity index (χ2n) is 4.13. The van der Waals surface area contributed by atoms with Crippen LogP contribution in [0.4, 0.5) is 4.79 Å². The Morgan fingerprint density at radius 3 is 2.82 bits per heavy atom. The lowest BCUT2D eigenvalue weighted by Crippen LogP contribution is -2.17. The first-order chi connectivity index (χ1) is 10.5. The quantitative estimate of drug-likeness (QED) is 0.619. The molecule has 1 N–H and O–H groups in total. The molecule has 116 valence electrons. The number of imide groups is 1. The van der Waals surface area contributed by atoms with Gasteiger partial charge in [0.15, 0.2) is 6.61 Å². The molecule has 2 amide bonds. The van der Waals surface area contributed by atoms with Gasteiger partial charge in [-0.3, -0.25) is 14.9 Å². The third kappa shape index (κ3) is 4.35. The summed E-state index contributed by atoms with van der Waals surface area (Å²) in [5.41, 5.74) is 0.575. The SMILES string of the molecule is CCOC(=O)COc1ccc(Br)cc1/C=C1\SC(=O)NC1=O. The van der Waals surface area contributed by atoms with Crippen molar-refractivity contribution in [3.8, 4) is 5.75 Å². The molecule has 0 unspecified atom stereocenters.